The van der Waals surface area contributed by atoms with Gasteiger partial charge in [-0.3, -0.25) is 0 Å². The zero-order valence-electron chi connectivity index (χ0n) is 6.18. The summed E-state index contributed by atoms with van der Waals surface area (Å²) < 4.78 is 0. The van der Waals surface area contributed by atoms with Gasteiger partial charge in [0.15, 0.2) is 0 Å². The van der Waals surface area contributed by atoms with Gasteiger partial charge in [-0.2, -0.15) is 0 Å². The second-order valence-corrected chi connectivity index (χ2v) is 1.53. The molecule has 66 valence electrons. The number of aliphatic carboxylic acids is 2. The molecule has 2 atom stereocenters. The molecule has 0 radical (unpaired) electrons. The normalized spacial score (nSPS) is 13.2. The summed E-state index contributed by atoms with van der Waals surface area (Å²) in [4.78, 5) is 19.3. The maximum Gasteiger partial charge on any atom is 1.00 e. The van der Waals surface area contributed by atoms with Crippen molar-refractivity contribution in [3.8, 4) is 0 Å². The Kier molecular flexibility index (Phi) is 11.1. The summed E-state index contributed by atoms with van der Waals surface area (Å²) >= 11 is 0. The molecule has 0 saturated heterocycles. The zero-order valence-corrected chi connectivity index (χ0v) is 8.18. The Labute approximate surface area is 89.2 Å². The number of rotatable bonds is 3. The summed E-state index contributed by atoms with van der Waals surface area (Å²) in [5.41, 5.74) is 0. The van der Waals surface area contributed by atoms with E-state index in [1.54, 1.807) is 0 Å². The van der Waals surface area contributed by atoms with Gasteiger partial charge in [0.25, 0.3) is 0 Å². The summed E-state index contributed by atoms with van der Waals surface area (Å²) in [5.74, 6) is -4.12. The van der Waals surface area contributed by atoms with Crippen molar-refractivity contribution in [2.24, 2.45) is 0 Å². The van der Waals surface area contributed by atoms with Crippen LogP contribution < -0.4 is 39.8 Å². The van der Waals surface area contributed by atoms with Gasteiger partial charge in [0.2, 0.25) is 0 Å². The molecular formula is C4H6NaO7-. The molecule has 0 bridgehead atoms. The van der Waals surface area contributed by atoms with Gasteiger partial charge >= 0.3 is 29.6 Å². The van der Waals surface area contributed by atoms with Crippen LogP contribution in [0.4, 0.5) is 0 Å². The van der Waals surface area contributed by atoms with Crippen LogP contribution in [0.2, 0.25) is 0 Å². The van der Waals surface area contributed by atoms with E-state index >= 15 is 0 Å². The van der Waals surface area contributed by atoms with Crippen LogP contribution >= 0.6 is 0 Å². The molecule has 0 unspecified atom stereocenters. The maximum atomic E-state index is 9.63. The SMILES string of the molecule is O.O=C([O-])[C@H](O)[C@@H](O)C(=O)[O-].[Na+]. The van der Waals surface area contributed by atoms with Crippen molar-refractivity contribution >= 4 is 11.9 Å². The van der Waals surface area contributed by atoms with Gasteiger partial charge in [0.05, 0.1) is 11.9 Å². The molecule has 0 spiro atoms. The van der Waals surface area contributed by atoms with E-state index in [2.05, 4.69) is 0 Å². The molecule has 4 N–H and O–H groups in total. The van der Waals surface area contributed by atoms with Crippen LogP contribution in [0.3, 0.4) is 0 Å². The van der Waals surface area contributed by atoms with Crippen LogP contribution in [0.5, 0.6) is 0 Å². The summed E-state index contributed by atoms with van der Waals surface area (Å²) in [6.07, 6.45) is -4.88. The molecular weight excluding hydrogens is 183 g/mol. The molecule has 0 amide bonds. The van der Waals surface area contributed by atoms with E-state index in [4.69, 9.17) is 10.2 Å². The second kappa shape index (κ2) is 7.47. The van der Waals surface area contributed by atoms with Crippen LogP contribution in [-0.2, 0) is 9.59 Å². The number of hydrogen-bond donors (Lipinski definition) is 2. The van der Waals surface area contributed by atoms with Crippen LogP contribution in [-0.4, -0.2) is 39.8 Å². The Morgan fingerprint density at radius 1 is 1.00 bits per heavy atom. The smallest absolute Gasteiger partial charge is 0.547 e. The van der Waals surface area contributed by atoms with Crippen molar-refractivity contribution in [3.05, 3.63) is 0 Å². The Morgan fingerprint density at radius 3 is 1.25 bits per heavy atom. The van der Waals surface area contributed by atoms with E-state index in [9.17, 15) is 19.8 Å². The Hall–Kier alpha value is -0.180. The monoisotopic (exact) mass is 189 g/mol. The molecule has 0 aliphatic carbocycles. The van der Waals surface area contributed by atoms with Crippen LogP contribution in [0.1, 0.15) is 0 Å². The summed E-state index contributed by atoms with van der Waals surface area (Å²) in [5, 5.41) is 35.7. The fourth-order valence-electron chi connectivity index (χ4n) is 0.258. The first-order valence-electron chi connectivity index (χ1n) is 2.24. The number of hydrogen-bond acceptors (Lipinski definition) is 6. The van der Waals surface area contributed by atoms with Gasteiger partial charge in [0, 0.05) is 0 Å². The Morgan fingerprint density at radius 2 is 1.17 bits per heavy atom. The number of carbonyl (C=O) groups excluding carboxylic acids is 2. The van der Waals surface area contributed by atoms with Crippen molar-refractivity contribution < 1.29 is 65.0 Å². The molecule has 0 rings (SSSR count). The van der Waals surface area contributed by atoms with E-state index in [0.717, 1.165) is 0 Å². The van der Waals surface area contributed by atoms with Crippen LogP contribution in [0.15, 0.2) is 0 Å². The van der Waals surface area contributed by atoms with E-state index in [0.29, 0.717) is 0 Å². The quantitative estimate of drug-likeness (QED) is 0.420. The average molecular weight is 189 g/mol. The zero-order chi connectivity index (χ0) is 8.31. The molecule has 8 heteroatoms. The third-order valence-electron chi connectivity index (χ3n) is 0.782. The minimum Gasteiger partial charge on any atom is -0.547 e. The first kappa shape index (κ1) is 17.8. The number of aliphatic hydroxyl groups is 2. The molecule has 0 aliphatic heterocycles. The minimum absolute atomic E-state index is 0. The standard InChI is InChI=1S/C4H6O6.Na.H2O/c5-1(3(7)8)2(6)4(9)10;;/h1-2,5-6H,(H,7,8)(H,9,10);;1H2/q;+1;/p-2/t1-,2-;;/m1../s1. The van der Waals surface area contributed by atoms with Gasteiger partial charge in [-0.15, -0.1) is 0 Å². The average Bonchev–Trinajstić information content (AvgIpc) is 1.84. The van der Waals surface area contributed by atoms with Crippen molar-refractivity contribution in [2.75, 3.05) is 0 Å². The first-order chi connectivity index (χ1) is 4.46. The number of carbonyl (C=O) groups is 2. The summed E-state index contributed by atoms with van der Waals surface area (Å²) in [7, 11) is 0. The molecule has 7 nitrogen and oxygen atoms in total. The van der Waals surface area contributed by atoms with Crippen LogP contribution in [0.25, 0.3) is 0 Å². The van der Waals surface area contributed by atoms with Gasteiger partial charge in [0.1, 0.15) is 12.2 Å². The predicted molar refractivity (Wildman–Crippen MR) is 25.6 cm³/mol. The van der Waals surface area contributed by atoms with Crippen molar-refractivity contribution in [2.45, 2.75) is 12.2 Å². The largest absolute Gasteiger partial charge is 1.00 e. The fraction of sp³-hybridized carbons (Fsp3) is 0.500. The fourth-order valence-corrected chi connectivity index (χ4v) is 0.258. The summed E-state index contributed by atoms with van der Waals surface area (Å²) in [6.45, 7) is 0. The second-order valence-electron chi connectivity index (χ2n) is 1.53. The molecule has 0 heterocycles. The Bertz CT molecular complexity index is 139. The molecule has 12 heavy (non-hydrogen) atoms. The van der Waals surface area contributed by atoms with Crippen LogP contribution in [0, 0.1) is 0 Å². The predicted octanol–water partition coefficient (Wildman–Crippen LogP) is -8.61. The number of carboxylic acid groups (broad SMARTS) is 2. The molecule has 0 fully saturated rings. The van der Waals surface area contributed by atoms with Gasteiger partial charge in [-0.1, -0.05) is 0 Å². The topological polar surface area (TPSA) is 152 Å². The Balaban J connectivity index is -0.000000405. The van der Waals surface area contributed by atoms with Crippen molar-refractivity contribution in [1.82, 2.24) is 0 Å². The van der Waals surface area contributed by atoms with E-state index in [1.165, 1.54) is 0 Å². The first-order valence-corrected chi connectivity index (χ1v) is 2.24. The molecule has 0 saturated carbocycles. The molecule has 0 aromatic rings. The van der Waals surface area contributed by atoms with E-state index in [1.807, 2.05) is 0 Å². The third kappa shape index (κ3) is 5.47. The molecule has 0 aromatic carbocycles. The number of carboxylic acids is 2. The minimum atomic E-state index is -2.44. The summed E-state index contributed by atoms with van der Waals surface area (Å²) in [6, 6.07) is 0. The van der Waals surface area contributed by atoms with E-state index < -0.39 is 24.1 Å². The van der Waals surface area contributed by atoms with Gasteiger partial charge < -0.3 is 35.5 Å². The molecule has 0 aromatic heterocycles. The molecule has 0 aliphatic rings. The van der Waals surface area contributed by atoms with Gasteiger partial charge in [-0.25, -0.2) is 0 Å². The maximum absolute atomic E-state index is 9.63. The van der Waals surface area contributed by atoms with Crippen molar-refractivity contribution in [3.63, 3.8) is 0 Å². The number of aliphatic hydroxyl groups excluding tert-OH is 2. The van der Waals surface area contributed by atoms with Crippen molar-refractivity contribution in [1.29, 1.82) is 0 Å². The van der Waals surface area contributed by atoms with Gasteiger partial charge in [-0.05, 0) is 0 Å². The van der Waals surface area contributed by atoms with E-state index in [-0.39, 0.29) is 35.0 Å². The third-order valence-corrected chi connectivity index (χ3v) is 0.782.